The van der Waals surface area contributed by atoms with Gasteiger partial charge in [-0.15, -0.1) is 11.3 Å². The van der Waals surface area contributed by atoms with Gasteiger partial charge in [-0.3, -0.25) is 4.90 Å². The molecule has 0 radical (unpaired) electrons. The first-order chi connectivity index (χ1) is 10.2. The van der Waals surface area contributed by atoms with Crippen molar-refractivity contribution in [3.63, 3.8) is 0 Å². The van der Waals surface area contributed by atoms with E-state index >= 15 is 0 Å². The van der Waals surface area contributed by atoms with Crippen molar-refractivity contribution >= 4 is 17.2 Å². The summed E-state index contributed by atoms with van der Waals surface area (Å²) in [6.07, 6.45) is 1.82. The lowest BCUT2D eigenvalue weighted by molar-refractivity contribution is 0.140. The van der Waals surface area contributed by atoms with Crippen LogP contribution >= 0.6 is 11.3 Å². The Kier molecular flexibility index (Phi) is 6.17. The Labute approximate surface area is 130 Å². The first-order valence-corrected chi connectivity index (χ1v) is 7.98. The van der Waals surface area contributed by atoms with Gasteiger partial charge in [0.25, 0.3) is 0 Å². The molecule has 0 aliphatic heterocycles. The highest BCUT2D eigenvalue weighted by Crippen LogP contribution is 2.20. The van der Waals surface area contributed by atoms with Crippen molar-refractivity contribution in [2.75, 3.05) is 32.6 Å². The normalized spacial score (nSPS) is 11.0. The van der Waals surface area contributed by atoms with Crippen LogP contribution in [0.2, 0.25) is 0 Å². The van der Waals surface area contributed by atoms with E-state index in [-0.39, 0.29) is 0 Å². The standard InChI is InChI=1S/C16H23N3OS/c1-13-6-10-21-15(13)12-19(8-9-20-3)11-14-5-4-7-18-16(14)17-2/h4-7,10H,8-9,11-12H2,1-3H3,(H,17,18). The third kappa shape index (κ3) is 4.52. The van der Waals surface area contributed by atoms with Crippen LogP contribution < -0.4 is 5.32 Å². The number of ether oxygens (including phenoxy) is 1. The highest BCUT2D eigenvalue weighted by atomic mass is 32.1. The fraction of sp³-hybridized carbons (Fsp3) is 0.438. The number of aromatic nitrogens is 1. The van der Waals surface area contributed by atoms with Crippen LogP contribution in [0.25, 0.3) is 0 Å². The Balaban J connectivity index is 2.10. The van der Waals surface area contributed by atoms with Crippen LogP contribution in [0.15, 0.2) is 29.8 Å². The molecule has 0 saturated carbocycles. The molecule has 0 aromatic carbocycles. The minimum absolute atomic E-state index is 0.736. The Morgan fingerprint density at radius 3 is 2.86 bits per heavy atom. The molecular weight excluding hydrogens is 282 g/mol. The van der Waals surface area contributed by atoms with Gasteiger partial charge >= 0.3 is 0 Å². The number of methoxy groups -OCH3 is 1. The fourth-order valence-corrected chi connectivity index (χ4v) is 3.18. The summed E-state index contributed by atoms with van der Waals surface area (Å²) in [7, 11) is 3.66. The Morgan fingerprint density at radius 2 is 2.19 bits per heavy atom. The molecule has 0 fully saturated rings. The zero-order chi connectivity index (χ0) is 15.1. The van der Waals surface area contributed by atoms with Gasteiger partial charge in [-0.25, -0.2) is 4.98 Å². The number of hydrogen-bond donors (Lipinski definition) is 1. The number of hydrogen-bond acceptors (Lipinski definition) is 5. The van der Waals surface area contributed by atoms with E-state index in [9.17, 15) is 0 Å². The number of pyridine rings is 1. The molecule has 5 heteroatoms. The van der Waals surface area contributed by atoms with Crippen molar-refractivity contribution in [1.82, 2.24) is 9.88 Å². The number of thiophene rings is 1. The maximum atomic E-state index is 5.25. The lowest BCUT2D eigenvalue weighted by Crippen LogP contribution is -2.27. The predicted molar refractivity (Wildman–Crippen MR) is 88.8 cm³/mol. The van der Waals surface area contributed by atoms with Gasteiger partial charge in [-0.05, 0) is 30.0 Å². The van der Waals surface area contributed by atoms with Gasteiger partial charge in [0.15, 0.2) is 0 Å². The summed E-state index contributed by atoms with van der Waals surface area (Å²) in [6.45, 7) is 5.63. The van der Waals surface area contributed by atoms with Gasteiger partial charge in [0.1, 0.15) is 5.82 Å². The molecule has 0 atom stereocenters. The smallest absolute Gasteiger partial charge is 0.130 e. The molecular formula is C16H23N3OS. The highest BCUT2D eigenvalue weighted by Gasteiger charge is 2.12. The molecule has 0 aliphatic carbocycles. The second-order valence-corrected chi connectivity index (χ2v) is 5.99. The van der Waals surface area contributed by atoms with Gasteiger partial charge in [0.2, 0.25) is 0 Å². The lowest BCUT2D eigenvalue weighted by Gasteiger charge is -2.22. The number of aryl methyl sites for hydroxylation is 1. The third-order valence-electron chi connectivity index (χ3n) is 3.47. The van der Waals surface area contributed by atoms with Crippen LogP contribution in [0.5, 0.6) is 0 Å². The summed E-state index contributed by atoms with van der Waals surface area (Å²) in [5, 5.41) is 5.32. The predicted octanol–water partition coefficient (Wildman–Crippen LogP) is 3.14. The van der Waals surface area contributed by atoms with Crippen LogP contribution in [-0.4, -0.2) is 37.2 Å². The maximum Gasteiger partial charge on any atom is 0.130 e. The zero-order valence-electron chi connectivity index (χ0n) is 12.9. The first-order valence-electron chi connectivity index (χ1n) is 7.10. The minimum Gasteiger partial charge on any atom is -0.383 e. The monoisotopic (exact) mass is 305 g/mol. The molecule has 114 valence electrons. The molecule has 1 N–H and O–H groups in total. The Hall–Kier alpha value is -1.43. The van der Waals surface area contributed by atoms with E-state index in [0.29, 0.717) is 0 Å². The Morgan fingerprint density at radius 1 is 1.33 bits per heavy atom. The van der Waals surface area contributed by atoms with E-state index in [4.69, 9.17) is 4.74 Å². The van der Waals surface area contributed by atoms with E-state index in [1.807, 2.05) is 30.6 Å². The molecule has 4 nitrogen and oxygen atoms in total. The van der Waals surface area contributed by atoms with Crippen molar-refractivity contribution in [3.8, 4) is 0 Å². The minimum atomic E-state index is 0.736. The quantitative estimate of drug-likeness (QED) is 0.813. The molecule has 0 saturated heterocycles. The van der Waals surface area contributed by atoms with Crippen LogP contribution in [0.4, 0.5) is 5.82 Å². The van der Waals surface area contributed by atoms with E-state index in [0.717, 1.165) is 32.1 Å². The van der Waals surface area contributed by atoms with Crippen LogP contribution in [-0.2, 0) is 17.8 Å². The summed E-state index contributed by atoms with van der Waals surface area (Å²) >= 11 is 1.82. The second kappa shape index (κ2) is 8.12. The molecule has 0 aliphatic rings. The van der Waals surface area contributed by atoms with Gasteiger partial charge < -0.3 is 10.1 Å². The number of anilines is 1. The van der Waals surface area contributed by atoms with Crippen LogP contribution in [0.3, 0.4) is 0 Å². The Bertz CT molecular complexity index is 556. The molecule has 2 heterocycles. The SMILES string of the molecule is CNc1ncccc1CN(CCOC)Cc1sccc1C. The summed E-state index contributed by atoms with van der Waals surface area (Å²) < 4.78 is 5.25. The van der Waals surface area contributed by atoms with E-state index in [1.54, 1.807) is 7.11 Å². The molecule has 0 bridgehead atoms. The van der Waals surface area contributed by atoms with Crippen molar-refractivity contribution in [2.45, 2.75) is 20.0 Å². The second-order valence-electron chi connectivity index (χ2n) is 4.99. The summed E-state index contributed by atoms with van der Waals surface area (Å²) in [5.74, 6) is 0.947. The van der Waals surface area contributed by atoms with Gasteiger partial charge in [0.05, 0.1) is 6.61 Å². The van der Waals surface area contributed by atoms with Gasteiger partial charge in [0, 0.05) is 50.4 Å². The maximum absolute atomic E-state index is 5.25. The van der Waals surface area contributed by atoms with Crippen molar-refractivity contribution in [1.29, 1.82) is 0 Å². The molecule has 2 aromatic rings. The highest BCUT2D eigenvalue weighted by molar-refractivity contribution is 7.10. The zero-order valence-corrected chi connectivity index (χ0v) is 13.7. The molecule has 21 heavy (non-hydrogen) atoms. The van der Waals surface area contributed by atoms with Crippen LogP contribution in [0, 0.1) is 6.92 Å². The largest absolute Gasteiger partial charge is 0.383 e. The van der Waals surface area contributed by atoms with Crippen molar-refractivity contribution in [2.24, 2.45) is 0 Å². The van der Waals surface area contributed by atoms with Crippen molar-refractivity contribution < 1.29 is 4.74 Å². The molecule has 2 rings (SSSR count). The molecule has 2 aromatic heterocycles. The summed E-state index contributed by atoms with van der Waals surface area (Å²) in [5.41, 5.74) is 2.58. The van der Waals surface area contributed by atoms with E-state index in [2.05, 4.69) is 39.6 Å². The van der Waals surface area contributed by atoms with E-state index in [1.165, 1.54) is 16.0 Å². The number of nitrogens with one attached hydrogen (secondary N) is 1. The molecule has 0 amide bonds. The molecule has 0 spiro atoms. The lowest BCUT2D eigenvalue weighted by atomic mass is 10.2. The fourth-order valence-electron chi connectivity index (χ4n) is 2.24. The topological polar surface area (TPSA) is 37.4 Å². The summed E-state index contributed by atoms with van der Waals surface area (Å²) in [4.78, 5) is 8.20. The van der Waals surface area contributed by atoms with Gasteiger partial charge in [-0.1, -0.05) is 6.07 Å². The van der Waals surface area contributed by atoms with Crippen molar-refractivity contribution in [3.05, 3.63) is 45.8 Å². The number of rotatable bonds is 8. The summed E-state index contributed by atoms with van der Waals surface area (Å²) in [6, 6.07) is 6.29. The van der Waals surface area contributed by atoms with E-state index < -0.39 is 0 Å². The van der Waals surface area contributed by atoms with Gasteiger partial charge in [-0.2, -0.15) is 0 Å². The third-order valence-corrected chi connectivity index (χ3v) is 4.48. The average molecular weight is 305 g/mol. The molecule has 0 unspecified atom stereocenters. The first kappa shape index (κ1) is 15.9. The van der Waals surface area contributed by atoms with Crippen LogP contribution in [0.1, 0.15) is 16.0 Å². The average Bonchev–Trinajstić information content (AvgIpc) is 2.90. The number of nitrogens with zero attached hydrogens (tertiary/aromatic N) is 2.